The highest BCUT2D eigenvalue weighted by Gasteiger charge is 2.43. The lowest BCUT2D eigenvalue weighted by molar-refractivity contribution is -0.139. The number of piperidine rings is 1. The van der Waals surface area contributed by atoms with Crippen molar-refractivity contribution in [1.29, 1.82) is 0 Å². The molecule has 2 fully saturated rings. The molecular formula is C16H24N2O2. The Morgan fingerprint density at radius 2 is 2.30 bits per heavy atom. The van der Waals surface area contributed by atoms with E-state index in [0.717, 1.165) is 38.0 Å². The van der Waals surface area contributed by atoms with E-state index in [1.54, 1.807) is 6.26 Å². The summed E-state index contributed by atoms with van der Waals surface area (Å²) in [5, 5.41) is 3.43. The summed E-state index contributed by atoms with van der Waals surface area (Å²) in [4.78, 5) is 15.0. The molecule has 1 aliphatic heterocycles. The Bertz CT molecular complexity index is 463. The van der Waals surface area contributed by atoms with Crippen molar-refractivity contribution < 1.29 is 9.21 Å². The Balaban J connectivity index is 1.75. The number of hydrogen-bond donors (Lipinski definition) is 1. The number of furan rings is 1. The smallest absolute Gasteiger partial charge is 0.240 e. The van der Waals surface area contributed by atoms with E-state index in [1.165, 1.54) is 0 Å². The van der Waals surface area contributed by atoms with Gasteiger partial charge in [-0.1, -0.05) is 13.8 Å². The topological polar surface area (TPSA) is 45.5 Å². The summed E-state index contributed by atoms with van der Waals surface area (Å²) in [5.41, 5.74) is 0.0334. The van der Waals surface area contributed by atoms with Crippen molar-refractivity contribution in [3.05, 3.63) is 24.2 Å². The van der Waals surface area contributed by atoms with Crippen LogP contribution in [0, 0.1) is 5.41 Å². The minimum Gasteiger partial charge on any atom is -0.467 e. The number of nitrogens with one attached hydrogen (secondary N) is 1. The van der Waals surface area contributed by atoms with Gasteiger partial charge in [0.15, 0.2) is 0 Å². The zero-order valence-electron chi connectivity index (χ0n) is 12.4. The van der Waals surface area contributed by atoms with E-state index in [4.69, 9.17) is 4.42 Å². The maximum Gasteiger partial charge on any atom is 0.240 e. The molecule has 0 radical (unpaired) electrons. The summed E-state index contributed by atoms with van der Waals surface area (Å²) in [6.07, 6.45) is 6.18. The molecule has 1 amide bonds. The number of carbonyl (C=O) groups is 1. The Morgan fingerprint density at radius 3 is 2.90 bits per heavy atom. The first-order chi connectivity index (χ1) is 9.58. The minimum absolute atomic E-state index is 0.0334. The number of amides is 1. The Labute approximate surface area is 120 Å². The number of carbonyl (C=O) groups excluding carboxylic acids is 1. The molecule has 0 bridgehead atoms. The molecule has 1 saturated heterocycles. The normalized spacial score (nSPS) is 25.4. The molecule has 20 heavy (non-hydrogen) atoms. The van der Waals surface area contributed by atoms with Crippen LogP contribution in [0.15, 0.2) is 22.8 Å². The van der Waals surface area contributed by atoms with Gasteiger partial charge >= 0.3 is 0 Å². The Kier molecular flexibility index (Phi) is 3.59. The molecule has 1 N–H and O–H groups in total. The number of hydrogen-bond acceptors (Lipinski definition) is 3. The van der Waals surface area contributed by atoms with Gasteiger partial charge in [0, 0.05) is 6.04 Å². The van der Waals surface area contributed by atoms with Crippen LogP contribution >= 0.6 is 0 Å². The van der Waals surface area contributed by atoms with E-state index in [0.29, 0.717) is 12.6 Å². The third kappa shape index (κ3) is 2.75. The van der Waals surface area contributed by atoms with Crippen LogP contribution in [0.3, 0.4) is 0 Å². The highest BCUT2D eigenvalue weighted by atomic mass is 16.3. The molecule has 2 aliphatic rings. The average molecular weight is 276 g/mol. The molecule has 0 spiro atoms. The van der Waals surface area contributed by atoms with Gasteiger partial charge in [-0.05, 0) is 49.8 Å². The zero-order chi connectivity index (χ0) is 14.2. The lowest BCUT2D eigenvalue weighted by Gasteiger charge is -2.40. The summed E-state index contributed by atoms with van der Waals surface area (Å²) < 4.78 is 5.42. The van der Waals surface area contributed by atoms with Crippen molar-refractivity contribution in [2.75, 3.05) is 6.54 Å². The maximum absolute atomic E-state index is 12.9. The van der Waals surface area contributed by atoms with Crippen molar-refractivity contribution in [1.82, 2.24) is 10.2 Å². The van der Waals surface area contributed by atoms with Crippen LogP contribution < -0.4 is 5.32 Å². The van der Waals surface area contributed by atoms with Gasteiger partial charge in [-0.2, -0.15) is 0 Å². The molecule has 1 atom stereocenters. The highest BCUT2D eigenvalue weighted by molar-refractivity contribution is 5.83. The van der Waals surface area contributed by atoms with Crippen molar-refractivity contribution in [2.24, 2.45) is 5.41 Å². The van der Waals surface area contributed by atoms with E-state index < -0.39 is 0 Å². The first kappa shape index (κ1) is 13.7. The largest absolute Gasteiger partial charge is 0.467 e. The molecule has 0 aromatic carbocycles. The predicted octanol–water partition coefficient (Wildman–Crippen LogP) is 2.55. The lowest BCUT2D eigenvalue weighted by atomic mass is 9.77. The summed E-state index contributed by atoms with van der Waals surface area (Å²) >= 11 is 0. The van der Waals surface area contributed by atoms with Crippen LogP contribution in [0.2, 0.25) is 0 Å². The first-order valence-electron chi connectivity index (χ1n) is 7.64. The summed E-state index contributed by atoms with van der Waals surface area (Å²) in [5.74, 6) is 1.12. The molecule has 1 aromatic heterocycles. The average Bonchev–Trinajstić information content (AvgIpc) is 3.12. The monoisotopic (exact) mass is 276 g/mol. The fourth-order valence-corrected chi connectivity index (χ4v) is 3.14. The van der Waals surface area contributed by atoms with Crippen LogP contribution in [0.5, 0.6) is 0 Å². The number of nitrogens with zero attached hydrogens (tertiary/aromatic N) is 1. The second-order valence-corrected chi connectivity index (χ2v) is 6.76. The Morgan fingerprint density at radius 1 is 1.50 bits per heavy atom. The molecule has 2 heterocycles. The van der Waals surface area contributed by atoms with Crippen molar-refractivity contribution in [3.63, 3.8) is 0 Å². The molecular weight excluding hydrogens is 252 g/mol. The first-order valence-corrected chi connectivity index (χ1v) is 7.64. The second kappa shape index (κ2) is 5.24. The molecule has 4 nitrogen and oxygen atoms in total. The van der Waals surface area contributed by atoms with Crippen LogP contribution in [-0.4, -0.2) is 29.4 Å². The fraction of sp³-hybridized carbons (Fsp3) is 0.688. The highest BCUT2D eigenvalue weighted by Crippen LogP contribution is 2.35. The second-order valence-electron chi connectivity index (χ2n) is 6.76. The van der Waals surface area contributed by atoms with E-state index in [1.807, 2.05) is 17.0 Å². The van der Waals surface area contributed by atoms with Gasteiger partial charge < -0.3 is 14.6 Å². The van der Waals surface area contributed by atoms with Gasteiger partial charge in [0.05, 0.1) is 18.8 Å². The molecule has 1 aliphatic carbocycles. The van der Waals surface area contributed by atoms with Crippen LogP contribution in [0.4, 0.5) is 0 Å². The van der Waals surface area contributed by atoms with E-state index in [-0.39, 0.29) is 17.4 Å². The van der Waals surface area contributed by atoms with Gasteiger partial charge in [0.2, 0.25) is 5.91 Å². The van der Waals surface area contributed by atoms with E-state index in [2.05, 4.69) is 19.2 Å². The van der Waals surface area contributed by atoms with Gasteiger partial charge in [-0.15, -0.1) is 0 Å². The van der Waals surface area contributed by atoms with E-state index >= 15 is 0 Å². The molecule has 4 heteroatoms. The SMILES string of the molecule is CC1(C)CCCNC1C(=O)N(Cc1ccco1)C1CC1. The molecule has 1 saturated carbocycles. The molecule has 3 rings (SSSR count). The van der Waals surface area contributed by atoms with Gasteiger partial charge in [-0.3, -0.25) is 4.79 Å². The molecule has 1 aromatic rings. The van der Waals surface area contributed by atoms with Crippen molar-refractivity contribution >= 4 is 5.91 Å². The van der Waals surface area contributed by atoms with Crippen molar-refractivity contribution in [2.45, 2.75) is 58.2 Å². The summed E-state index contributed by atoms with van der Waals surface area (Å²) in [6, 6.07) is 4.18. The van der Waals surface area contributed by atoms with Crippen molar-refractivity contribution in [3.8, 4) is 0 Å². The van der Waals surface area contributed by atoms with Crippen LogP contribution in [-0.2, 0) is 11.3 Å². The summed E-state index contributed by atoms with van der Waals surface area (Å²) in [6.45, 7) is 5.93. The minimum atomic E-state index is -0.0631. The lowest BCUT2D eigenvalue weighted by Crippen LogP contribution is -2.56. The predicted molar refractivity (Wildman–Crippen MR) is 77.1 cm³/mol. The fourth-order valence-electron chi connectivity index (χ4n) is 3.14. The zero-order valence-corrected chi connectivity index (χ0v) is 12.4. The van der Waals surface area contributed by atoms with Gasteiger partial charge in [-0.25, -0.2) is 0 Å². The Hall–Kier alpha value is -1.29. The summed E-state index contributed by atoms with van der Waals surface area (Å²) in [7, 11) is 0. The van der Waals surface area contributed by atoms with Gasteiger partial charge in [0.25, 0.3) is 0 Å². The van der Waals surface area contributed by atoms with Crippen LogP contribution in [0.25, 0.3) is 0 Å². The molecule has 1 unspecified atom stereocenters. The standard InChI is InChI=1S/C16H24N2O2/c1-16(2)8-4-9-17-14(16)15(19)18(12-6-7-12)11-13-5-3-10-20-13/h3,5,10,12,14,17H,4,6-9,11H2,1-2H3. The molecule has 110 valence electrons. The van der Waals surface area contributed by atoms with Gasteiger partial charge in [0.1, 0.15) is 5.76 Å². The maximum atomic E-state index is 12.9. The third-order valence-corrected chi connectivity index (χ3v) is 4.55. The van der Waals surface area contributed by atoms with E-state index in [9.17, 15) is 4.79 Å². The van der Waals surface area contributed by atoms with Crippen LogP contribution in [0.1, 0.15) is 45.3 Å². The third-order valence-electron chi connectivity index (χ3n) is 4.55. The quantitative estimate of drug-likeness (QED) is 0.919. The number of rotatable bonds is 4.